The molecule has 26 heavy (non-hydrogen) atoms. The second-order valence-corrected chi connectivity index (χ2v) is 8.57. The van der Waals surface area contributed by atoms with E-state index in [1.165, 1.54) is 12.3 Å². The molecular formula is C18H21N3O4S. The molecule has 2 aliphatic heterocycles. The molecule has 0 aliphatic carbocycles. The zero-order valence-electron chi connectivity index (χ0n) is 14.2. The maximum Gasteiger partial charge on any atom is 0.251 e. The Labute approximate surface area is 152 Å². The van der Waals surface area contributed by atoms with E-state index in [1.807, 2.05) is 0 Å². The molecule has 2 fully saturated rings. The number of amides is 1. The van der Waals surface area contributed by atoms with Crippen LogP contribution in [0.5, 0.6) is 0 Å². The number of benzene rings is 1. The van der Waals surface area contributed by atoms with Crippen molar-refractivity contribution in [2.45, 2.75) is 23.9 Å². The molecule has 2 aromatic rings. The zero-order valence-corrected chi connectivity index (χ0v) is 15.0. The van der Waals surface area contributed by atoms with E-state index in [1.54, 1.807) is 34.6 Å². The molecule has 3 heterocycles. The Morgan fingerprint density at radius 2 is 2.15 bits per heavy atom. The molecule has 0 radical (unpaired) electrons. The summed E-state index contributed by atoms with van der Waals surface area (Å²) in [4.78, 5) is 12.5. The van der Waals surface area contributed by atoms with Crippen molar-refractivity contribution in [2.24, 2.45) is 5.92 Å². The Bertz CT molecular complexity index is 895. The summed E-state index contributed by atoms with van der Waals surface area (Å²) in [5.74, 6) is 0.684. The van der Waals surface area contributed by atoms with E-state index in [0.717, 1.165) is 13.0 Å². The topological polar surface area (TPSA) is 91.6 Å². The highest BCUT2D eigenvalue weighted by atomic mass is 32.2. The normalized spacial score (nSPS) is 23.1. The third-order valence-electron chi connectivity index (χ3n) is 5.10. The van der Waals surface area contributed by atoms with Crippen LogP contribution in [0.15, 0.2) is 52.0 Å². The molecule has 2 atom stereocenters. The first-order chi connectivity index (χ1) is 12.6. The maximum absolute atomic E-state index is 13.0. The van der Waals surface area contributed by atoms with Gasteiger partial charge in [0.1, 0.15) is 5.76 Å². The average molecular weight is 375 g/mol. The summed E-state index contributed by atoms with van der Waals surface area (Å²) >= 11 is 0. The van der Waals surface area contributed by atoms with Gasteiger partial charge in [-0.15, -0.1) is 0 Å². The van der Waals surface area contributed by atoms with E-state index in [-0.39, 0.29) is 23.4 Å². The molecule has 8 heteroatoms. The first-order valence-corrected chi connectivity index (χ1v) is 10.1. The fraction of sp³-hybridized carbons (Fsp3) is 0.389. The Morgan fingerprint density at radius 1 is 1.27 bits per heavy atom. The van der Waals surface area contributed by atoms with Crippen LogP contribution >= 0.6 is 0 Å². The van der Waals surface area contributed by atoms with Crippen molar-refractivity contribution >= 4 is 15.9 Å². The number of fused-ring (bicyclic) bond motifs is 1. The van der Waals surface area contributed by atoms with Crippen LogP contribution in [0.25, 0.3) is 0 Å². The van der Waals surface area contributed by atoms with Crippen molar-refractivity contribution in [3.05, 3.63) is 54.0 Å². The van der Waals surface area contributed by atoms with Gasteiger partial charge in [0.25, 0.3) is 5.91 Å². The SMILES string of the molecule is O=C(NCc1ccco1)c1cccc(S(=O)(=O)N2CC[C@H]3CNC[C@H]32)c1. The fourth-order valence-electron chi connectivity index (χ4n) is 3.72. The van der Waals surface area contributed by atoms with Crippen molar-refractivity contribution in [3.63, 3.8) is 0 Å². The minimum Gasteiger partial charge on any atom is -0.467 e. The number of hydrogen-bond acceptors (Lipinski definition) is 5. The van der Waals surface area contributed by atoms with E-state index in [2.05, 4.69) is 10.6 Å². The van der Waals surface area contributed by atoms with Gasteiger partial charge in [0.2, 0.25) is 10.0 Å². The molecular weight excluding hydrogens is 354 g/mol. The van der Waals surface area contributed by atoms with Gasteiger partial charge in [-0.1, -0.05) is 6.07 Å². The first kappa shape index (κ1) is 17.3. The van der Waals surface area contributed by atoms with Gasteiger partial charge in [-0.2, -0.15) is 4.31 Å². The maximum atomic E-state index is 13.0. The highest BCUT2D eigenvalue weighted by molar-refractivity contribution is 7.89. The summed E-state index contributed by atoms with van der Waals surface area (Å²) in [6.07, 6.45) is 2.41. The zero-order chi connectivity index (χ0) is 18.1. The third-order valence-corrected chi connectivity index (χ3v) is 7.02. The van der Waals surface area contributed by atoms with E-state index < -0.39 is 10.0 Å². The van der Waals surface area contributed by atoms with Crippen molar-refractivity contribution < 1.29 is 17.6 Å². The van der Waals surface area contributed by atoms with Crippen LogP contribution in [0.4, 0.5) is 0 Å². The quantitative estimate of drug-likeness (QED) is 0.819. The number of furan rings is 1. The van der Waals surface area contributed by atoms with Crippen LogP contribution in [0.1, 0.15) is 22.5 Å². The monoisotopic (exact) mass is 375 g/mol. The molecule has 2 saturated heterocycles. The van der Waals surface area contributed by atoms with Gasteiger partial charge in [0, 0.05) is 24.7 Å². The van der Waals surface area contributed by atoms with Crippen molar-refractivity contribution in [1.82, 2.24) is 14.9 Å². The summed E-state index contributed by atoms with van der Waals surface area (Å²) in [5, 5.41) is 5.99. The molecule has 7 nitrogen and oxygen atoms in total. The summed E-state index contributed by atoms with van der Waals surface area (Å²) < 4.78 is 32.9. The van der Waals surface area contributed by atoms with Crippen molar-refractivity contribution in [1.29, 1.82) is 0 Å². The van der Waals surface area contributed by atoms with Crippen LogP contribution in [0.2, 0.25) is 0 Å². The van der Waals surface area contributed by atoms with Crippen LogP contribution in [0.3, 0.4) is 0 Å². The van der Waals surface area contributed by atoms with Gasteiger partial charge >= 0.3 is 0 Å². The molecule has 138 valence electrons. The minimum atomic E-state index is -3.61. The van der Waals surface area contributed by atoms with Gasteiger partial charge in [-0.3, -0.25) is 4.79 Å². The van der Waals surface area contributed by atoms with Gasteiger partial charge in [-0.25, -0.2) is 8.42 Å². The third kappa shape index (κ3) is 3.15. The van der Waals surface area contributed by atoms with E-state index in [4.69, 9.17) is 4.42 Å². The van der Waals surface area contributed by atoms with E-state index in [9.17, 15) is 13.2 Å². The predicted molar refractivity (Wildman–Crippen MR) is 95.0 cm³/mol. The summed E-state index contributed by atoms with van der Waals surface area (Å²) in [5.41, 5.74) is 0.318. The summed E-state index contributed by atoms with van der Waals surface area (Å²) in [7, 11) is -3.61. The minimum absolute atomic E-state index is 0.0106. The average Bonchev–Trinajstić information content (AvgIpc) is 3.37. The molecule has 0 unspecified atom stereocenters. The highest BCUT2D eigenvalue weighted by Crippen LogP contribution is 2.32. The molecule has 2 aliphatic rings. The lowest BCUT2D eigenvalue weighted by Crippen LogP contribution is -2.39. The van der Waals surface area contributed by atoms with Crippen LogP contribution in [-0.2, 0) is 16.6 Å². The Hall–Kier alpha value is -2.16. The van der Waals surface area contributed by atoms with Gasteiger partial charge < -0.3 is 15.1 Å². The number of rotatable bonds is 5. The standard InChI is InChI=1S/C18H21N3O4S/c22-18(20-11-15-4-2-8-25-15)13-3-1-5-16(9-13)26(23,24)21-7-6-14-10-19-12-17(14)21/h1-5,8-9,14,17,19H,6-7,10-12H2,(H,20,22)/t14-,17+/m0/s1. The van der Waals surface area contributed by atoms with Crippen LogP contribution < -0.4 is 10.6 Å². The molecule has 0 bridgehead atoms. The molecule has 1 aromatic carbocycles. The molecule has 0 saturated carbocycles. The smallest absolute Gasteiger partial charge is 0.251 e. The van der Waals surface area contributed by atoms with E-state index >= 15 is 0 Å². The molecule has 4 rings (SSSR count). The molecule has 2 N–H and O–H groups in total. The number of carbonyl (C=O) groups excluding carboxylic acids is 1. The number of hydrogen-bond donors (Lipinski definition) is 2. The Balaban J connectivity index is 1.52. The second kappa shape index (κ2) is 6.86. The van der Waals surface area contributed by atoms with Gasteiger partial charge in [0.15, 0.2) is 0 Å². The lowest BCUT2D eigenvalue weighted by molar-refractivity contribution is 0.0948. The molecule has 1 amide bonds. The molecule has 1 aromatic heterocycles. The predicted octanol–water partition coefficient (Wildman–Crippen LogP) is 1.19. The summed E-state index contributed by atoms with van der Waals surface area (Å²) in [6, 6.07) is 9.74. The molecule has 0 spiro atoms. The highest BCUT2D eigenvalue weighted by Gasteiger charge is 2.43. The van der Waals surface area contributed by atoms with Crippen molar-refractivity contribution in [3.8, 4) is 0 Å². The lowest BCUT2D eigenvalue weighted by Gasteiger charge is -2.23. The Kier molecular flexibility index (Phi) is 4.56. The summed E-state index contributed by atoms with van der Waals surface area (Å²) in [6.45, 7) is 2.34. The first-order valence-electron chi connectivity index (χ1n) is 8.69. The number of sulfonamides is 1. The van der Waals surface area contributed by atoms with Gasteiger partial charge in [-0.05, 0) is 49.2 Å². The van der Waals surface area contributed by atoms with E-state index in [0.29, 0.717) is 30.3 Å². The van der Waals surface area contributed by atoms with Gasteiger partial charge in [0.05, 0.1) is 17.7 Å². The van der Waals surface area contributed by atoms with Crippen LogP contribution in [-0.4, -0.2) is 44.3 Å². The number of nitrogens with zero attached hydrogens (tertiary/aromatic N) is 1. The Morgan fingerprint density at radius 3 is 2.96 bits per heavy atom. The van der Waals surface area contributed by atoms with Crippen LogP contribution in [0, 0.1) is 5.92 Å². The number of carbonyl (C=O) groups is 1. The number of nitrogens with one attached hydrogen (secondary N) is 2. The fourth-order valence-corrected chi connectivity index (χ4v) is 5.47. The lowest BCUT2D eigenvalue weighted by atomic mass is 10.1. The second-order valence-electron chi connectivity index (χ2n) is 6.68. The van der Waals surface area contributed by atoms with Crippen molar-refractivity contribution in [2.75, 3.05) is 19.6 Å². The largest absolute Gasteiger partial charge is 0.467 e.